The smallest absolute Gasteiger partial charge is 0.411 e. The van der Waals surface area contributed by atoms with Crippen LogP contribution in [-0.2, 0) is 11.0 Å². The van der Waals surface area contributed by atoms with Crippen LogP contribution in [0, 0.1) is 5.82 Å². The van der Waals surface area contributed by atoms with E-state index < -0.39 is 29.2 Å². The summed E-state index contributed by atoms with van der Waals surface area (Å²) >= 11 is 0. The van der Waals surface area contributed by atoms with Gasteiger partial charge in [0.25, 0.3) is 5.91 Å². The minimum absolute atomic E-state index is 0.352. The van der Waals surface area contributed by atoms with E-state index in [4.69, 9.17) is 5.21 Å². The van der Waals surface area contributed by atoms with E-state index in [1.54, 1.807) is 5.32 Å². The van der Waals surface area contributed by atoms with Crippen LogP contribution in [0.5, 0.6) is 0 Å². The average molecular weight is 250 g/mol. The number of nitrogens with zero attached hydrogens (tertiary/aromatic N) is 1. The molecule has 1 amide bonds. The number of anilines is 1. The molecular formula is C9H6F4N2O2. The minimum atomic E-state index is -4.94. The van der Waals surface area contributed by atoms with E-state index in [0.717, 1.165) is 12.1 Å². The number of hydrogen-bond donors (Lipinski definition) is 2. The predicted molar refractivity (Wildman–Crippen MR) is 50.3 cm³/mol. The Bertz CT molecular complexity index is 457. The number of amides is 1. The Morgan fingerprint density at radius 1 is 1.41 bits per heavy atom. The molecule has 0 heterocycles. The van der Waals surface area contributed by atoms with Crippen LogP contribution in [0.25, 0.3) is 0 Å². The summed E-state index contributed by atoms with van der Waals surface area (Å²) in [6.45, 7) is 0. The summed E-state index contributed by atoms with van der Waals surface area (Å²) in [6.07, 6.45) is -4.59. The maximum Gasteiger partial charge on any atom is 0.421 e. The maximum absolute atomic E-state index is 13.0. The Hall–Kier alpha value is -2.12. The quantitative estimate of drug-likeness (QED) is 0.366. The normalized spacial score (nSPS) is 11.8. The summed E-state index contributed by atoms with van der Waals surface area (Å²) in [5.41, 5.74) is -2.33. The molecule has 1 aromatic carbocycles. The number of rotatable bonds is 2. The summed E-state index contributed by atoms with van der Waals surface area (Å²) in [5, 5.41) is 12.1. The van der Waals surface area contributed by atoms with Gasteiger partial charge in [-0.25, -0.2) is 4.39 Å². The van der Waals surface area contributed by atoms with Crippen molar-refractivity contribution in [3.05, 3.63) is 29.6 Å². The first-order valence-corrected chi connectivity index (χ1v) is 4.20. The number of carbonyl (C=O) groups excluding carboxylic acids is 1. The molecule has 8 heteroatoms. The molecule has 0 bridgehead atoms. The Labute approximate surface area is 92.5 Å². The fourth-order valence-electron chi connectivity index (χ4n) is 1.13. The van der Waals surface area contributed by atoms with E-state index in [1.807, 2.05) is 0 Å². The second kappa shape index (κ2) is 4.81. The predicted octanol–water partition coefficient (Wildman–Crippen LogP) is 2.24. The molecular weight excluding hydrogens is 244 g/mol. The summed E-state index contributed by atoms with van der Waals surface area (Å²) < 4.78 is 50.4. The van der Waals surface area contributed by atoms with Crippen molar-refractivity contribution in [2.75, 3.05) is 5.32 Å². The first-order chi connectivity index (χ1) is 7.86. The lowest BCUT2D eigenvalue weighted by Crippen LogP contribution is -2.18. The zero-order valence-corrected chi connectivity index (χ0v) is 8.12. The highest BCUT2D eigenvalue weighted by molar-refractivity contribution is 6.31. The number of alkyl halides is 3. The second-order valence-electron chi connectivity index (χ2n) is 2.89. The van der Waals surface area contributed by atoms with Crippen LogP contribution < -0.4 is 5.32 Å². The molecule has 0 radical (unpaired) electrons. The van der Waals surface area contributed by atoms with Crippen LogP contribution in [0.15, 0.2) is 23.4 Å². The highest BCUT2D eigenvalue weighted by Crippen LogP contribution is 2.36. The molecule has 0 fully saturated rings. The van der Waals surface area contributed by atoms with Crippen molar-refractivity contribution in [1.29, 1.82) is 0 Å². The van der Waals surface area contributed by atoms with Crippen molar-refractivity contribution >= 4 is 17.8 Å². The average Bonchev–Trinajstić information content (AvgIpc) is 2.15. The zero-order chi connectivity index (χ0) is 13.1. The Morgan fingerprint density at radius 3 is 2.59 bits per heavy atom. The molecule has 0 aliphatic heterocycles. The molecule has 0 saturated heterocycles. The Kier molecular flexibility index (Phi) is 3.66. The van der Waals surface area contributed by atoms with Gasteiger partial charge in [0, 0.05) is 0 Å². The van der Waals surface area contributed by atoms with Gasteiger partial charge >= 0.3 is 6.18 Å². The number of carbonyl (C=O) groups is 1. The van der Waals surface area contributed by atoms with Gasteiger partial charge in [0.05, 0.1) is 5.69 Å². The highest BCUT2D eigenvalue weighted by Gasteiger charge is 2.37. The fourth-order valence-corrected chi connectivity index (χ4v) is 1.13. The largest absolute Gasteiger partial charge is 0.421 e. The van der Waals surface area contributed by atoms with Crippen molar-refractivity contribution in [2.24, 2.45) is 5.16 Å². The second-order valence-corrected chi connectivity index (χ2v) is 2.89. The number of halogens is 4. The summed E-state index contributed by atoms with van der Waals surface area (Å²) in [7, 11) is 0. The molecule has 0 aromatic heterocycles. The lowest BCUT2D eigenvalue weighted by atomic mass is 10.1. The van der Waals surface area contributed by atoms with Gasteiger partial charge < -0.3 is 10.5 Å². The van der Waals surface area contributed by atoms with Gasteiger partial charge in [0.1, 0.15) is 17.6 Å². The van der Waals surface area contributed by atoms with Gasteiger partial charge in [0.15, 0.2) is 0 Å². The van der Waals surface area contributed by atoms with Crippen LogP contribution >= 0.6 is 0 Å². The molecule has 0 atom stereocenters. The molecule has 2 N–H and O–H groups in total. The van der Waals surface area contributed by atoms with Crippen molar-refractivity contribution in [3.8, 4) is 0 Å². The van der Waals surface area contributed by atoms with Gasteiger partial charge in [-0.3, -0.25) is 4.79 Å². The van der Waals surface area contributed by atoms with E-state index in [0.29, 0.717) is 12.3 Å². The molecule has 0 saturated carbocycles. The first kappa shape index (κ1) is 12.9. The summed E-state index contributed by atoms with van der Waals surface area (Å²) in [5.74, 6) is -2.61. The van der Waals surface area contributed by atoms with Crippen LogP contribution in [0.4, 0.5) is 23.2 Å². The fraction of sp³-hybridized carbons (Fsp3) is 0.111. The molecule has 17 heavy (non-hydrogen) atoms. The van der Waals surface area contributed by atoms with Crippen molar-refractivity contribution in [3.63, 3.8) is 0 Å². The number of oxime groups is 1. The van der Waals surface area contributed by atoms with E-state index in [-0.39, 0.29) is 0 Å². The zero-order valence-electron chi connectivity index (χ0n) is 8.12. The minimum Gasteiger partial charge on any atom is -0.411 e. The monoisotopic (exact) mass is 250 g/mol. The molecule has 0 aliphatic rings. The van der Waals surface area contributed by atoms with Crippen molar-refractivity contribution < 1.29 is 27.6 Å². The third-order valence-corrected chi connectivity index (χ3v) is 1.73. The van der Waals surface area contributed by atoms with E-state index in [2.05, 4.69) is 5.16 Å². The van der Waals surface area contributed by atoms with E-state index in [1.165, 1.54) is 0 Å². The third-order valence-electron chi connectivity index (χ3n) is 1.73. The van der Waals surface area contributed by atoms with Gasteiger partial charge in [-0.1, -0.05) is 11.2 Å². The SMILES string of the molecule is O=C(C=NO)Nc1cccc(F)c1C(F)(F)F. The Balaban J connectivity index is 3.16. The summed E-state index contributed by atoms with van der Waals surface area (Å²) in [6, 6.07) is 2.52. The van der Waals surface area contributed by atoms with E-state index >= 15 is 0 Å². The van der Waals surface area contributed by atoms with Crippen LogP contribution in [0.2, 0.25) is 0 Å². The van der Waals surface area contributed by atoms with E-state index in [9.17, 15) is 22.4 Å². The lowest BCUT2D eigenvalue weighted by Gasteiger charge is -2.13. The topological polar surface area (TPSA) is 61.7 Å². The van der Waals surface area contributed by atoms with Crippen LogP contribution in [-0.4, -0.2) is 17.3 Å². The standard InChI is InChI=1S/C9H6F4N2O2/c10-5-2-1-3-6(8(5)9(11,12)13)15-7(16)4-14-17/h1-4,17H,(H,15,16). The molecule has 1 aromatic rings. The summed E-state index contributed by atoms with van der Waals surface area (Å²) in [4.78, 5) is 10.9. The molecule has 92 valence electrons. The van der Waals surface area contributed by atoms with Crippen LogP contribution in [0.1, 0.15) is 5.56 Å². The van der Waals surface area contributed by atoms with Gasteiger partial charge in [-0.05, 0) is 12.1 Å². The first-order valence-electron chi connectivity index (χ1n) is 4.20. The Morgan fingerprint density at radius 2 is 2.06 bits per heavy atom. The molecule has 4 nitrogen and oxygen atoms in total. The highest BCUT2D eigenvalue weighted by atomic mass is 19.4. The maximum atomic E-state index is 13.0. The number of benzene rings is 1. The van der Waals surface area contributed by atoms with Gasteiger partial charge in [-0.15, -0.1) is 0 Å². The number of hydrogen-bond acceptors (Lipinski definition) is 3. The number of nitrogens with one attached hydrogen (secondary N) is 1. The third kappa shape index (κ3) is 3.16. The molecule has 0 spiro atoms. The molecule has 1 rings (SSSR count). The van der Waals surface area contributed by atoms with Crippen LogP contribution in [0.3, 0.4) is 0 Å². The molecule has 0 unspecified atom stereocenters. The van der Waals surface area contributed by atoms with Gasteiger partial charge in [-0.2, -0.15) is 13.2 Å². The van der Waals surface area contributed by atoms with Crippen molar-refractivity contribution in [2.45, 2.75) is 6.18 Å². The lowest BCUT2D eigenvalue weighted by molar-refractivity contribution is -0.139. The van der Waals surface area contributed by atoms with Gasteiger partial charge in [0.2, 0.25) is 0 Å². The van der Waals surface area contributed by atoms with Crippen molar-refractivity contribution in [1.82, 2.24) is 0 Å². The molecule has 0 aliphatic carbocycles.